The monoisotopic (exact) mass is 545 g/mol. The van der Waals surface area contributed by atoms with Crippen LogP contribution in [0.1, 0.15) is 45.4 Å². The van der Waals surface area contributed by atoms with Crippen LogP contribution in [0.15, 0.2) is 24.3 Å². The number of hydrogen-bond donors (Lipinski definition) is 1. The van der Waals surface area contributed by atoms with Crippen LogP contribution < -0.4 is 0 Å². The molecule has 0 aromatic carbocycles. The van der Waals surface area contributed by atoms with Gasteiger partial charge in [-0.25, -0.2) is 0 Å². The molecule has 10 nitrogen and oxygen atoms in total. The molecular weight excluding hydrogens is 502 g/mol. The van der Waals surface area contributed by atoms with Crippen LogP contribution in [0.25, 0.3) is 0 Å². The first-order valence-corrected chi connectivity index (χ1v) is 14.7. The standard InChI is InChI=1S/C29H43N3O7/c1-21-9-4-5-10-22-23(28(36)38-21)24-26(34)32(13-6-2-3-7-18-33)25-27(35)31(12-8-11-29(24,25)39-22)15-14-30-16-19-37-20-17-30/h5,8,10-11,21-25,33H,2-4,6-7,9,12-20H2,1H3/b10-5-/t21?,22-,23?,24+,25-,29?/m1/s1. The Balaban J connectivity index is 1.43. The molecule has 0 radical (unpaired) electrons. The van der Waals surface area contributed by atoms with Crippen LogP contribution in [-0.4, -0.2) is 121 Å². The van der Waals surface area contributed by atoms with Crippen LogP contribution in [0.3, 0.4) is 0 Å². The minimum atomic E-state index is -1.21. The number of carbonyl (C=O) groups excluding carboxylic acids is 3. The fourth-order valence-corrected chi connectivity index (χ4v) is 6.77. The number of aliphatic hydroxyl groups is 1. The zero-order valence-electron chi connectivity index (χ0n) is 23.0. The molecule has 5 aliphatic rings. The summed E-state index contributed by atoms with van der Waals surface area (Å²) in [5, 5.41) is 9.14. The van der Waals surface area contributed by atoms with Crippen molar-refractivity contribution in [2.45, 2.75) is 69.3 Å². The molecule has 2 amide bonds. The number of unbranched alkanes of at least 4 members (excludes halogenated alkanes) is 3. The molecule has 39 heavy (non-hydrogen) atoms. The molecule has 1 N–H and O–H groups in total. The van der Waals surface area contributed by atoms with Crippen LogP contribution in [0.5, 0.6) is 0 Å². The lowest BCUT2D eigenvalue weighted by atomic mass is 9.78. The molecule has 6 atom stereocenters. The Kier molecular flexibility index (Phi) is 9.06. The van der Waals surface area contributed by atoms with Gasteiger partial charge in [-0.15, -0.1) is 0 Å². The molecule has 3 unspecified atom stereocenters. The van der Waals surface area contributed by atoms with Gasteiger partial charge in [0.05, 0.1) is 31.3 Å². The van der Waals surface area contributed by atoms with Crippen molar-refractivity contribution in [1.82, 2.24) is 14.7 Å². The fourth-order valence-electron chi connectivity index (χ4n) is 6.77. The van der Waals surface area contributed by atoms with Gasteiger partial charge in [0.15, 0.2) is 0 Å². The van der Waals surface area contributed by atoms with E-state index in [9.17, 15) is 14.4 Å². The van der Waals surface area contributed by atoms with E-state index in [0.717, 1.165) is 38.9 Å². The quantitative estimate of drug-likeness (QED) is 0.261. The highest BCUT2D eigenvalue weighted by Crippen LogP contribution is 2.53. The van der Waals surface area contributed by atoms with Gasteiger partial charge in [-0.3, -0.25) is 19.3 Å². The first kappa shape index (κ1) is 28.3. The number of fused-ring (bicyclic) bond motifs is 2. The van der Waals surface area contributed by atoms with E-state index in [1.165, 1.54) is 0 Å². The fraction of sp³-hybridized carbons (Fsp3) is 0.759. The van der Waals surface area contributed by atoms with Gasteiger partial charge in [0.25, 0.3) is 0 Å². The number of aliphatic hydroxyl groups excluding tert-OH is 1. The molecule has 5 rings (SSSR count). The highest BCUT2D eigenvalue weighted by Gasteiger charge is 2.71. The summed E-state index contributed by atoms with van der Waals surface area (Å²) in [6, 6.07) is -0.828. The van der Waals surface area contributed by atoms with Crippen molar-refractivity contribution in [1.29, 1.82) is 0 Å². The molecule has 216 valence electrons. The number of cyclic esters (lactones) is 1. The van der Waals surface area contributed by atoms with E-state index in [1.54, 1.807) is 4.90 Å². The van der Waals surface area contributed by atoms with Crippen LogP contribution in [0.2, 0.25) is 0 Å². The summed E-state index contributed by atoms with van der Waals surface area (Å²) in [6.45, 7) is 7.20. The van der Waals surface area contributed by atoms with E-state index in [0.29, 0.717) is 52.1 Å². The first-order chi connectivity index (χ1) is 19.0. The molecular formula is C29H43N3O7. The molecule has 10 heteroatoms. The number of hydrogen-bond acceptors (Lipinski definition) is 8. The molecule has 1 spiro atoms. The molecule has 0 aromatic rings. The van der Waals surface area contributed by atoms with E-state index in [4.69, 9.17) is 19.3 Å². The number of ether oxygens (including phenoxy) is 3. The molecule has 0 saturated carbocycles. The number of allylic oxidation sites excluding steroid dienone is 1. The van der Waals surface area contributed by atoms with Gasteiger partial charge >= 0.3 is 5.97 Å². The largest absolute Gasteiger partial charge is 0.462 e. The number of amides is 2. The zero-order valence-corrected chi connectivity index (χ0v) is 23.0. The lowest BCUT2D eigenvalue weighted by molar-refractivity contribution is -0.158. The van der Waals surface area contributed by atoms with E-state index in [1.807, 2.05) is 36.1 Å². The maximum Gasteiger partial charge on any atom is 0.313 e. The minimum Gasteiger partial charge on any atom is -0.462 e. The number of esters is 1. The molecule has 5 aliphatic heterocycles. The molecule has 3 fully saturated rings. The highest BCUT2D eigenvalue weighted by atomic mass is 16.6. The SMILES string of the molecule is CC1CC/C=C\[C@H]2OC34C=CCN(CCN5CCOCC5)C(=O)[C@H]3N(CCCCCCO)C(=O)[C@@H]4C2C(=O)O1. The summed E-state index contributed by atoms with van der Waals surface area (Å²) in [6.07, 6.45) is 11.4. The Hall–Kier alpha value is -2.27. The van der Waals surface area contributed by atoms with E-state index < -0.39 is 35.6 Å². The molecule has 0 aliphatic carbocycles. The number of carbonyl (C=O) groups is 3. The number of likely N-dealkylation sites (tertiary alicyclic amines) is 1. The molecule has 3 saturated heterocycles. The molecule has 0 bridgehead atoms. The minimum absolute atomic E-state index is 0.128. The average Bonchev–Trinajstić information content (AvgIpc) is 3.33. The van der Waals surface area contributed by atoms with Gasteiger partial charge in [-0.2, -0.15) is 0 Å². The Morgan fingerprint density at radius 1 is 1.00 bits per heavy atom. The first-order valence-electron chi connectivity index (χ1n) is 14.7. The van der Waals surface area contributed by atoms with Gasteiger partial charge in [0.1, 0.15) is 17.6 Å². The lowest BCUT2D eigenvalue weighted by Gasteiger charge is -2.36. The van der Waals surface area contributed by atoms with Crippen LogP contribution in [-0.2, 0) is 28.6 Å². The van der Waals surface area contributed by atoms with Crippen molar-refractivity contribution in [3.8, 4) is 0 Å². The van der Waals surface area contributed by atoms with Gasteiger partial charge in [0.2, 0.25) is 11.8 Å². The topological polar surface area (TPSA) is 109 Å². The highest BCUT2D eigenvalue weighted by molar-refractivity contribution is 5.99. The smallest absolute Gasteiger partial charge is 0.313 e. The van der Waals surface area contributed by atoms with Crippen LogP contribution in [0.4, 0.5) is 0 Å². The van der Waals surface area contributed by atoms with Crippen LogP contribution in [0, 0.1) is 11.8 Å². The Labute approximate surface area is 230 Å². The van der Waals surface area contributed by atoms with E-state index in [-0.39, 0.29) is 24.5 Å². The summed E-state index contributed by atoms with van der Waals surface area (Å²) in [5.41, 5.74) is -1.21. The average molecular weight is 546 g/mol. The van der Waals surface area contributed by atoms with Crippen molar-refractivity contribution in [2.24, 2.45) is 11.8 Å². The summed E-state index contributed by atoms with van der Waals surface area (Å²) in [7, 11) is 0. The Morgan fingerprint density at radius 2 is 1.79 bits per heavy atom. The second kappa shape index (κ2) is 12.5. The second-order valence-electron chi connectivity index (χ2n) is 11.4. The van der Waals surface area contributed by atoms with Crippen LogP contribution >= 0.6 is 0 Å². The number of rotatable bonds is 9. The normalized spacial score (nSPS) is 35.9. The maximum atomic E-state index is 14.3. The summed E-state index contributed by atoms with van der Waals surface area (Å²) < 4.78 is 17.9. The summed E-state index contributed by atoms with van der Waals surface area (Å²) >= 11 is 0. The Bertz CT molecular complexity index is 965. The Morgan fingerprint density at radius 3 is 2.59 bits per heavy atom. The van der Waals surface area contributed by atoms with Gasteiger partial charge in [-0.1, -0.05) is 37.1 Å². The number of morpholine rings is 1. The summed E-state index contributed by atoms with van der Waals surface area (Å²) in [5.74, 6) is -2.37. The maximum absolute atomic E-state index is 14.3. The molecule has 5 heterocycles. The van der Waals surface area contributed by atoms with Gasteiger partial charge in [-0.05, 0) is 32.6 Å². The summed E-state index contributed by atoms with van der Waals surface area (Å²) in [4.78, 5) is 47.7. The number of nitrogens with zero attached hydrogens (tertiary/aromatic N) is 3. The van der Waals surface area contributed by atoms with Crippen molar-refractivity contribution in [3.05, 3.63) is 24.3 Å². The second-order valence-corrected chi connectivity index (χ2v) is 11.4. The van der Waals surface area contributed by atoms with Crippen molar-refractivity contribution in [3.63, 3.8) is 0 Å². The lowest BCUT2D eigenvalue weighted by Crippen LogP contribution is -2.56. The van der Waals surface area contributed by atoms with Gasteiger partial charge in [0, 0.05) is 45.9 Å². The predicted molar refractivity (Wildman–Crippen MR) is 143 cm³/mol. The third kappa shape index (κ3) is 5.66. The van der Waals surface area contributed by atoms with E-state index in [2.05, 4.69) is 4.90 Å². The zero-order chi connectivity index (χ0) is 27.4. The van der Waals surface area contributed by atoms with E-state index >= 15 is 0 Å². The predicted octanol–water partition coefficient (Wildman–Crippen LogP) is 1.13. The van der Waals surface area contributed by atoms with Crippen molar-refractivity contribution in [2.75, 3.05) is 59.1 Å². The van der Waals surface area contributed by atoms with Crippen molar-refractivity contribution < 1.29 is 33.7 Å². The van der Waals surface area contributed by atoms with Gasteiger partial charge < -0.3 is 29.1 Å². The third-order valence-electron chi connectivity index (χ3n) is 8.83. The molecule has 0 aromatic heterocycles. The third-order valence-corrected chi connectivity index (χ3v) is 8.83. The van der Waals surface area contributed by atoms with Crippen molar-refractivity contribution >= 4 is 17.8 Å².